The highest BCUT2D eigenvalue weighted by Crippen LogP contribution is 2.17. The van der Waals surface area contributed by atoms with Gasteiger partial charge in [0.25, 0.3) is 0 Å². The lowest BCUT2D eigenvalue weighted by molar-refractivity contribution is -0.111. The molecule has 0 bridgehead atoms. The molecular formula is C14H19N3O3. The number of hydrogen-bond donors (Lipinski definition) is 2. The number of hydrogen-bond acceptors (Lipinski definition) is 4. The van der Waals surface area contributed by atoms with Crippen molar-refractivity contribution in [3.8, 4) is 0 Å². The Morgan fingerprint density at radius 3 is 2.65 bits per heavy atom. The average Bonchev–Trinajstić information content (AvgIpc) is 2.75. The van der Waals surface area contributed by atoms with Gasteiger partial charge in [-0.2, -0.15) is 5.10 Å². The SMILES string of the molecule is C/C=C/C=C/C(=O)Nc1[nH]ncc1C(=O)OC(C)(C)C. The molecule has 1 aromatic heterocycles. The van der Waals surface area contributed by atoms with Crippen LogP contribution in [0.4, 0.5) is 5.82 Å². The van der Waals surface area contributed by atoms with Gasteiger partial charge in [-0.1, -0.05) is 18.2 Å². The molecule has 0 spiro atoms. The molecule has 0 aliphatic carbocycles. The van der Waals surface area contributed by atoms with E-state index in [0.29, 0.717) is 0 Å². The van der Waals surface area contributed by atoms with Gasteiger partial charge in [-0.05, 0) is 27.7 Å². The molecule has 6 nitrogen and oxygen atoms in total. The topological polar surface area (TPSA) is 84.1 Å². The number of aromatic amines is 1. The van der Waals surface area contributed by atoms with Gasteiger partial charge in [-0.25, -0.2) is 4.79 Å². The van der Waals surface area contributed by atoms with Crippen LogP contribution in [-0.4, -0.2) is 27.7 Å². The van der Waals surface area contributed by atoms with E-state index in [1.807, 2.05) is 6.92 Å². The second-order valence-electron chi connectivity index (χ2n) is 5.03. The normalized spacial score (nSPS) is 12.0. The third kappa shape index (κ3) is 5.09. The Hall–Kier alpha value is -2.37. The van der Waals surface area contributed by atoms with Crippen molar-refractivity contribution in [1.82, 2.24) is 10.2 Å². The zero-order chi connectivity index (χ0) is 15.2. The first-order chi connectivity index (χ1) is 9.33. The second kappa shape index (κ2) is 6.70. The fourth-order valence-corrected chi connectivity index (χ4v) is 1.29. The highest BCUT2D eigenvalue weighted by Gasteiger charge is 2.22. The number of ether oxygens (including phenoxy) is 1. The number of amides is 1. The van der Waals surface area contributed by atoms with Gasteiger partial charge in [0.15, 0.2) is 0 Å². The maximum absolute atomic E-state index is 11.9. The molecule has 1 rings (SSSR count). The van der Waals surface area contributed by atoms with Crippen LogP contribution in [0.2, 0.25) is 0 Å². The summed E-state index contributed by atoms with van der Waals surface area (Å²) in [6, 6.07) is 0. The van der Waals surface area contributed by atoms with Crippen molar-refractivity contribution in [1.29, 1.82) is 0 Å². The minimum Gasteiger partial charge on any atom is -0.456 e. The molecular weight excluding hydrogens is 258 g/mol. The van der Waals surface area contributed by atoms with Crippen molar-refractivity contribution >= 4 is 17.7 Å². The van der Waals surface area contributed by atoms with Gasteiger partial charge in [0.2, 0.25) is 5.91 Å². The lowest BCUT2D eigenvalue weighted by Crippen LogP contribution is -2.24. The van der Waals surface area contributed by atoms with Gasteiger partial charge in [0, 0.05) is 6.08 Å². The van der Waals surface area contributed by atoms with Crippen molar-refractivity contribution in [2.45, 2.75) is 33.3 Å². The van der Waals surface area contributed by atoms with Gasteiger partial charge in [-0.3, -0.25) is 9.89 Å². The molecule has 0 unspecified atom stereocenters. The third-order valence-electron chi connectivity index (χ3n) is 2.06. The summed E-state index contributed by atoms with van der Waals surface area (Å²) in [5.41, 5.74) is -0.422. The number of aromatic nitrogens is 2. The molecule has 108 valence electrons. The Morgan fingerprint density at radius 1 is 1.35 bits per heavy atom. The number of esters is 1. The third-order valence-corrected chi connectivity index (χ3v) is 2.06. The molecule has 1 amide bonds. The minimum atomic E-state index is -0.610. The molecule has 0 aromatic carbocycles. The van der Waals surface area contributed by atoms with Crippen molar-refractivity contribution in [2.24, 2.45) is 0 Å². The number of anilines is 1. The molecule has 0 atom stereocenters. The Balaban J connectivity index is 2.77. The van der Waals surface area contributed by atoms with E-state index in [1.54, 1.807) is 39.0 Å². The van der Waals surface area contributed by atoms with Crippen LogP contribution < -0.4 is 5.32 Å². The van der Waals surface area contributed by atoms with Crippen molar-refractivity contribution in [2.75, 3.05) is 5.32 Å². The number of carbonyl (C=O) groups is 2. The summed E-state index contributed by atoms with van der Waals surface area (Å²) in [6.07, 6.45) is 7.78. The Bertz CT molecular complexity index is 536. The van der Waals surface area contributed by atoms with Crippen molar-refractivity contribution in [3.05, 3.63) is 36.1 Å². The second-order valence-corrected chi connectivity index (χ2v) is 5.03. The van der Waals surface area contributed by atoms with Crippen molar-refractivity contribution < 1.29 is 14.3 Å². The zero-order valence-electron chi connectivity index (χ0n) is 12.1. The van der Waals surface area contributed by atoms with Gasteiger partial charge < -0.3 is 10.1 Å². The summed E-state index contributed by atoms with van der Waals surface area (Å²) >= 11 is 0. The molecule has 0 aliphatic rings. The largest absolute Gasteiger partial charge is 0.456 e. The van der Waals surface area contributed by atoms with Crippen LogP contribution in [0.25, 0.3) is 0 Å². The smallest absolute Gasteiger partial charge is 0.344 e. The van der Waals surface area contributed by atoms with E-state index in [4.69, 9.17) is 4.74 Å². The highest BCUT2D eigenvalue weighted by molar-refractivity contribution is 6.03. The molecule has 0 fully saturated rings. The fraction of sp³-hybridized carbons (Fsp3) is 0.357. The van der Waals surface area contributed by atoms with Gasteiger partial charge in [-0.15, -0.1) is 0 Å². The van der Waals surface area contributed by atoms with Gasteiger partial charge in [0.1, 0.15) is 17.0 Å². The summed E-state index contributed by atoms with van der Waals surface area (Å²) in [5.74, 6) is -0.689. The summed E-state index contributed by atoms with van der Waals surface area (Å²) < 4.78 is 5.22. The summed E-state index contributed by atoms with van der Waals surface area (Å²) in [4.78, 5) is 23.5. The number of allylic oxidation sites excluding steroid dienone is 3. The van der Waals surface area contributed by atoms with Crippen LogP contribution in [-0.2, 0) is 9.53 Å². The first-order valence-electron chi connectivity index (χ1n) is 6.20. The molecule has 20 heavy (non-hydrogen) atoms. The van der Waals surface area contributed by atoms with Crippen LogP contribution in [0.5, 0.6) is 0 Å². The van der Waals surface area contributed by atoms with Crippen LogP contribution in [0.1, 0.15) is 38.1 Å². The maximum atomic E-state index is 11.9. The maximum Gasteiger partial charge on any atom is 0.344 e. The van der Waals surface area contributed by atoms with Crippen LogP contribution in [0.3, 0.4) is 0 Å². The number of carbonyl (C=O) groups excluding carboxylic acids is 2. The predicted molar refractivity (Wildman–Crippen MR) is 76.3 cm³/mol. The monoisotopic (exact) mass is 277 g/mol. The average molecular weight is 277 g/mol. The molecule has 0 saturated heterocycles. The number of H-pyrrole nitrogens is 1. The van der Waals surface area contributed by atoms with Gasteiger partial charge in [0.05, 0.1) is 6.20 Å². The number of rotatable bonds is 4. The number of nitrogens with one attached hydrogen (secondary N) is 2. The fourth-order valence-electron chi connectivity index (χ4n) is 1.29. The lowest BCUT2D eigenvalue weighted by atomic mass is 10.2. The first kappa shape index (κ1) is 15.7. The van der Waals surface area contributed by atoms with E-state index in [9.17, 15) is 9.59 Å². The Labute approximate surface area is 117 Å². The predicted octanol–water partition coefficient (Wildman–Crippen LogP) is 2.44. The van der Waals surface area contributed by atoms with Crippen molar-refractivity contribution in [3.63, 3.8) is 0 Å². The van der Waals surface area contributed by atoms with E-state index in [-0.39, 0.29) is 17.3 Å². The minimum absolute atomic E-state index is 0.188. The summed E-state index contributed by atoms with van der Waals surface area (Å²) in [7, 11) is 0. The van der Waals surface area contributed by atoms with Crippen LogP contribution >= 0.6 is 0 Å². The van der Waals surface area contributed by atoms with E-state index < -0.39 is 11.6 Å². The molecule has 2 N–H and O–H groups in total. The summed E-state index contributed by atoms with van der Waals surface area (Å²) in [6.45, 7) is 7.15. The quantitative estimate of drug-likeness (QED) is 0.503. The van der Waals surface area contributed by atoms with E-state index in [1.165, 1.54) is 12.3 Å². The van der Waals surface area contributed by atoms with Crippen LogP contribution in [0.15, 0.2) is 30.5 Å². The Kier molecular flexibility index (Phi) is 5.25. The highest BCUT2D eigenvalue weighted by atomic mass is 16.6. The molecule has 6 heteroatoms. The molecule has 0 radical (unpaired) electrons. The summed E-state index contributed by atoms with van der Waals surface area (Å²) in [5, 5.41) is 8.84. The zero-order valence-corrected chi connectivity index (χ0v) is 12.1. The standard InChI is InChI=1S/C14H19N3O3/c1-5-6-7-8-11(18)16-12-10(9-15-17-12)13(19)20-14(2,3)4/h5-9H,1-4H3,(H2,15,16,17,18)/b6-5+,8-7+. The van der Waals surface area contributed by atoms with Crippen LogP contribution in [0, 0.1) is 0 Å². The number of nitrogens with zero attached hydrogens (tertiary/aromatic N) is 1. The first-order valence-corrected chi connectivity index (χ1v) is 6.20. The van der Waals surface area contributed by atoms with E-state index in [2.05, 4.69) is 15.5 Å². The van der Waals surface area contributed by atoms with E-state index >= 15 is 0 Å². The molecule has 1 heterocycles. The molecule has 0 saturated carbocycles. The molecule has 1 aromatic rings. The van der Waals surface area contributed by atoms with Gasteiger partial charge >= 0.3 is 5.97 Å². The van der Waals surface area contributed by atoms with E-state index in [0.717, 1.165) is 0 Å². The Morgan fingerprint density at radius 2 is 2.05 bits per heavy atom. The lowest BCUT2D eigenvalue weighted by Gasteiger charge is -2.19. The molecule has 0 aliphatic heterocycles.